The van der Waals surface area contributed by atoms with Crippen LogP contribution in [-0.2, 0) is 13.1 Å². The number of ether oxygens (including phenoxy) is 2. The third kappa shape index (κ3) is 3.81. The van der Waals surface area contributed by atoms with Crippen molar-refractivity contribution in [1.82, 2.24) is 19.8 Å². The predicted molar refractivity (Wildman–Crippen MR) is 117 cm³/mol. The van der Waals surface area contributed by atoms with Gasteiger partial charge >= 0.3 is 0 Å². The molecule has 0 radical (unpaired) electrons. The Labute approximate surface area is 180 Å². The summed E-state index contributed by atoms with van der Waals surface area (Å²) in [6, 6.07) is 10.9. The van der Waals surface area contributed by atoms with Gasteiger partial charge in [0.25, 0.3) is 11.8 Å². The molecule has 0 spiro atoms. The topological polar surface area (TPSA) is 85.7 Å². The van der Waals surface area contributed by atoms with Crippen LogP contribution in [0.25, 0.3) is 11.0 Å². The van der Waals surface area contributed by atoms with Gasteiger partial charge in [0.1, 0.15) is 11.5 Å². The quantitative estimate of drug-likeness (QED) is 0.660. The minimum Gasteiger partial charge on any atom is -0.497 e. The van der Waals surface area contributed by atoms with E-state index in [2.05, 4.69) is 10.3 Å². The number of aromatic nitrogens is 2. The Morgan fingerprint density at radius 3 is 2.65 bits per heavy atom. The van der Waals surface area contributed by atoms with Crippen LogP contribution < -0.4 is 14.8 Å². The van der Waals surface area contributed by atoms with E-state index in [1.165, 1.54) is 0 Å². The third-order valence-electron chi connectivity index (χ3n) is 5.58. The molecule has 1 aromatic heterocycles. The monoisotopic (exact) mass is 422 g/mol. The molecule has 8 nitrogen and oxygen atoms in total. The van der Waals surface area contributed by atoms with Gasteiger partial charge in [-0.25, -0.2) is 4.98 Å². The molecule has 2 aromatic carbocycles. The standard InChI is InChI=1S/C23H26N4O4/c1-14(2)26-9-10-27-19-8-6-15(11-18(19)25-21(27)23(26)29)22(28)24-13-16-5-7-17(30-3)12-20(16)31-4/h5-8,11-12,14H,9-10,13H2,1-4H3,(H,24,28). The highest BCUT2D eigenvalue weighted by Gasteiger charge is 2.29. The molecule has 0 bridgehead atoms. The molecule has 1 N–H and O–H groups in total. The fraction of sp³-hybridized carbons (Fsp3) is 0.348. The van der Waals surface area contributed by atoms with E-state index in [0.29, 0.717) is 48.0 Å². The van der Waals surface area contributed by atoms with Crippen molar-refractivity contribution in [3.05, 3.63) is 53.3 Å². The Balaban J connectivity index is 1.54. The molecule has 3 aromatic rings. The fourth-order valence-corrected chi connectivity index (χ4v) is 3.87. The number of nitrogens with zero attached hydrogens (tertiary/aromatic N) is 3. The molecule has 1 aliphatic rings. The fourth-order valence-electron chi connectivity index (χ4n) is 3.87. The molecule has 31 heavy (non-hydrogen) atoms. The van der Waals surface area contributed by atoms with Crippen LogP contribution in [0.1, 0.15) is 40.4 Å². The molecule has 0 unspecified atom stereocenters. The maximum absolute atomic E-state index is 12.8. The van der Waals surface area contributed by atoms with Crippen LogP contribution in [0.15, 0.2) is 36.4 Å². The van der Waals surface area contributed by atoms with Crippen LogP contribution in [0, 0.1) is 0 Å². The van der Waals surface area contributed by atoms with Crippen molar-refractivity contribution in [1.29, 1.82) is 0 Å². The molecule has 1 aliphatic heterocycles. The van der Waals surface area contributed by atoms with E-state index in [4.69, 9.17) is 9.47 Å². The van der Waals surface area contributed by atoms with E-state index in [9.17, 15) is 9.59 Å². The molecule has 2 amide bonds. The van der Waals surface area contributed by atoms with Crippen LogP contribution in [0.5, 0.6) is 11.5 Å². The molecule has 0 fully saturated rings. The van der Waals surface area contributed by atoms with Crippen molar-refractivity contribution in [2.75, 3.05) is 20.8 Å². The van der Waals surface area contributed by atoms with Gasteiger partial charge in [-0.15, -0.1) is 0 Å². The summed E-state index contributed by atoms with van der Waals surface area (Å²) in [7, 11) is 3.17. The Morgan fingerprint density at radius 2 is 1.94 bits per heavy atom. The van der Waals surface area contributed by atoms with E-state index < -0.39 is 0 Å². The first kappa shape index (κ1) is 20.7. The van der Waals surface area contributed by atoms with Gasteiger partial charge in [-0.3, -0.25) is 9.59 Å². The molecule has 4 rings (SSSR count). The maximum atomic E-state index is 12.8. The van der Waals surface area contributed by atoms with Crippen molar-refractivity contribution in [2.45, 2.75) is 33.0 Å². The number of benzene rings is 2. The summed E-state index contributed by atoms with van der Waals surface area (Å²) >= 11 is 0. The SMILES string of the molecule is COc1ccc(CNC(=O)c2ccc3c(c2)nc2n3CCN(C(C)C)C2=O)c(OC)c1. The van der Waals surface area contributed by atoms with Gasteiger partial charge in [-0.2, -0.15) is 0 Å². The second kappa shape index (κ2) is 8.29. The van der Waals surface area contributed by atoms with Gasteiger partial charge < -0.3 is 24.3 Å². The van der Waals surface area contributed by atoms with Gasteiger partial charge in [-0.05, 0) is 44.2 Å². The van der Waals surface area contributed by atoms with E-state index in [1.54, 1.807) is 32.4 Å². The molecule has 0 aliphatic carbocycles. The number of rotatable bonds is 6. The van der Waals surface area contributed by atoms with Crippen LogP contribution in [-0.4, -0.2) is 53.1 Å². The Hall–Kier alpha value is -3.55. The van der Waals surface area contributed by atoms with E-state index in [1.807, 2.05) is 41.5 Å². The lowest BCUT2D eigenvalue weighted by atomic mass is 10.1. The highest BCUT2D eigenvalue weighted by Crippen LogP contribution is 2.25. The number of amides is 2. The molecular formula is C23H26N4O4. The normalized spacial score (nSPS) is 13.5. The molecule has 0 atom stereocenters. The average Bonchev–Trinajstić information content (AvgIpc) is 3.16. The van der Waals surface area contributed by atoms with Gasteiger partial charge in [-0.1, -0.05) is 0 Å². The molecule has 2 heterocycles. The van der Waals surface area contributed by atoms with E-state index in [0.717, 1.165) is 11.1 Å². The zero-order valence-corrected chi connectivity index (χ0v) is 18.1. The zero-order valence-electron chi connectivity index (χ0n) is 18.1. The lowest BCUT2D eigenvalue weighted by Crippen LogP contribution is -2.44. The number of carbonyl (C=O) groups excluding carboxylic acids is 2. The second-order valence-corrected chi connectivity index (χ2v) is 7.74. The van der Waals surface area contributed by atoms with Gasteiger partial charge in [0.05, 0.1) is 25.3 Å². The van der Waals surface area contributed by atoms with Crippen molar-refractivity contribution >= 4 is 22.8 Å². The summed E-state index contributed by atoms with van der Waals surface area (Å²) in [6.45, 7) is 5.65. The minimum absolute atomic E-state index is 0.0740. The van der Waals surface area contributed by atoms with Crippen molar-refractivity contribution in [2.24, 2.45) is 0 Å². The van der Waals surface area contributed by atoms with E-state index in [-0.39, 0.29) is 17.9 Å². The number of methoxy groups -OCH3 is 2. The number of fused-ring (bicyclic) bond motifs is 3. The van der Waals surface area contributed by atoms with Crippen LogP contribution in [0.2, 0.25) is 0 Å². The van der Waals surface area contributed by atoms with E-state index >= 15 is 0 Å². The maximum Gasteiger partial charge on any atom is 0.290 e. The summed E-state index contributed by atoms with van der Waals surface area (Å²) in [5.41, 5.74) is 2.84. The molecule has 0 saturated carbocycles. The number of nitrogens with one attached hydrogen (secondary N) is 1. The molecular weight excluding hydrogens is 396 g/mol. The summed E-state index contributed by atoms with van der Waals surface area (Å²) in [4.78, 5) is 31.9. The highest BCUT2D eigenvalue weighted by molar-refractivity contribution is 6.00. The summed E-state index contributed by atoms with van der Waals surface area (Å²) in [6.07, 6.45) is 0. The van der Waals surface area contributed by atoms with Crippen molar-refractivity contribution < 1.29 is 19.1 Å². The first-order valence-corrected chi connectivity index (χ1v) is 10.2. The molecule has 0 saturated heterocycles. The van der Waals surface area contributed by atoms with Crippen molar-refractivity contribution in [3.63, 3.8) is 0 Å². The summed E-state index contributed by atoms with van der Waals surface area (Å²) in [5.74, 6) is 1.46. The lowest BCUT2D eigenvalue weighted by molar-refractivity contribution is 0.0643. The minimum atomic E-state index is -0.221. The van der Waals surface area contributed by atoms with Crippen LogP contribution >= 0.6 is 0 Å². The summed E-state index contributed by atoms with van der Waals surface area (Å²) in [5, 5.41) is 2.92. The van der Waals surface area contributed by atoms with Crippen LogP contribution in [0.3, 0.4) is 0 Å². The highest BCUT2D eigenvalue weighted by atomic mass is 16.5. The van der Waals surface area contributed by atoms with Gasteiger partial charge in [0.15, 0.2) is 5.82 Å². The zero-order chi connectivity index (χ0) is 22.1. The Morgan fingerprint density at radius 1 is 1.13 bits per heavy atom. The first-order chi connectivity index (χ1) is 14.9. The number of hydrogen-bond acceptors (Lipinski definition) is 5. The number of carbonyl (C=O) groups is 2. The Bertz CT molecular complexity index is 1150. The number of hydrogen-bond donors (Lipinski definition) is 1. The molecule has 162 valence electrons. The van der Waals surface area contributed by atoms with Gasteiger partial charge in [0, 0.05) is 42.9 Å². The second-order valence-electron chi connectivity index (χ2n) is 7.74. The van der Waals surface area contributed by atoms with Crippen molar-refractivity contribution in [3.8, 4) is 11.5 Å². The molecule has 8 heteroatoms. The smallest absolute Gasteiger partial charge is 0.290 e. The van der Waals surface area contributed by atoms with Gasteiger partial charge in [0.2, 0.25) is 0 Å². The summed E-state index contributed by atoms with van der Waals surface area (Å²) < 4.78 is 12.5. The van der Waals surface area contributed by atoms with Crippen LogP contribution in [0.4, 0.5) is 0 Å². The first-order valence-electron chi connectivity index (χ1n) is 10.2. The largest absolute Gasteiger partial charge is 0.497 e. The lowest BCUT2D eigenvalue weighted by Gasteiger charge is -2.30. The third-order valence-corrected chi connectivity index (χ3v) is 5.58. The number of imidazole rings is 1. The average molecular weight is 422 g/mol. The predicted octanol–water partition coefficient (Wildman–Crippen LogP) is 2.85. The Kier molecular flexibility index (Phi) is 5.54.